The average Bonchev–Trinajstić information content (AvgIpc) is 2.73. The standard InChI is InChI=1S/C13H22N2O2S2/c1-9(2)14-8-10-11(5-6-18-10)19(16,17)15-12-7-13(12,3)4/h5-6,9,12,14-15H,7-8H2,1-4H3. The normalized spacial score (nSPS) is 21.8. The largest absolute Gasteiger partial charge is 0.310 e. The maximum Gasteiger partial charge on any atom is 0.241 e. The van der Waals surface area contributed by atoms with Gasteiger partial charge in [0.05, 0.1) is 4.90 Å². The Morgan fingerprint density at radius 1 is 1.47 bits per heavy atom. The van der Waals surface area contributed by atoms with E-state index in [0.29, 0.717) is 17.5 Å². The molecule has 1 saturated carbocycles. The Balaban J connectivity index is 2.10. The number of sulfonamides is 1. The molecule has 2 N–H and O–H groups in total. The summed E-state index contributed by atoms with van der Waals surface area (Å²) >= 11 is 1.48. The van der Waals surface area contributed by atoms with Crippen LogP contribution < -0.4 is 10.0 Å². The lowest BCUT2D eigenvalue weighted by atomic mass is 10.2. The van der Waals surface area contributed by atoms with Crippen LogP contribution in [0.15, 0.2) is 16.3 Å². The summed E-state index contributed by atoms with van der Waals surface area (Å²) < 4.78 is 27.5. The second-order valence-corrected chi connectivity index (χ2v) is 8.79. The fraction of sp³-hybridized carbons (Fsp3) is 0.692. The van der Waals surface area contributed by atoms with Crippen LogP contribution in [0.3, 0.4) is 0 Å². The van der Waals surface area contributed by atoms with Crippen LogP contribution in [0, 0.1) is 5.41 Å². The maximum atomic E-state index is 12.4. The molecule has 1 unspecified atom stereocenters. The molecule has 2 rings (SSSR count). The topological polar surface area (TPSA) is 58.2 Å². The monoisotopic (exact) mass is 302 g/mol. The van der Waals surface area contributed by atoms with Gasteiger partial charge in [-0.1, -0.05) is 27.7 Å². The molecule has 108 valence electrons. The quantitative estimate of drug-likeness (QED) is 0.848. The minimum Gasteiger partial charge on any atom is -0.310 e. The van der Waals surface area contributed by atoms with E-state index in [1.807, 2.05) is 19.2 Å². The molecule has 4 nitrogen and oxygen atoms in total. The lowest BCUT2D eigenvalue weighted by molar-refractivity contribution is 0.551. The number of nitrogens with one attached hydrogen (secondary N) is 2. The van der Waals surface area contributed by atoms with E-state index in [0.717, 1.165) is 11.3 Å². The number of hydrogen-bond donors (Lipinski definition) is 2. The van der Waals surface area contributed by atoms with Crippen molar-refractivity contribution < 1.29 is 8.42 Å². The second kappa shape index (κ2) is 5.16. The lowest BCUT2D eigenvalue weighted by Crippen LogP contribution is -2.30. The first-order valence-corrected chi connectivity index (χ1v) is 8.91. The summed E-state index contributed by atoms with van der Waals surface area (Å²) in [6.07, 6.45) is 0.913. The Labute approximate surface area is 119 Å². The molecular formula is C13H22N2O2S2. The zero-order valence-electron chi connectivity index (χ0n) is 11.9. The third-order valence-corrected chi connectivity index (χ3v) is 6.08. The fourth-order valence-electron chi connectivity index (χ4n) is 1.91. The summed E-state index contributed by atoms with van der Waals surface area (Å²) in [6, 6.07) is 2.11. The lowest BCUT2D eigenvalue weighted by Gasteiger charge is -2.11. The van der Waals surface area contributed by atoms with Gasteiger partial charge in [-0.2, -0.15) is 0 Å². The highest BCUT2D eigenvalue weighted by Crippen LogP contribution is 2.45. The molecule has 0 aliphatic heterocycles. The van der Waals surface area contributed by atoms with Crippen LogP contribution >= 0.6 is 11.3 Å². The molecule has 1 heterocycles. The Kier molecular flexibility index (Phi) is 4.07. The predicted molar refractivity (Wildman–Crippen MR) is 78.8 cm³/mol. The van der Waals surface area contributed by atoms with Crippen molar-refractivity contribution in [1.29, 1.82) is 0 Å². The van der Waals surface area contributed by atoms with Gasteiger partial charge in [0, 0.05) is 23.5 Å². The van der Waals surface area contributed by atoms with Gasteiger partial charge in [-0.3, -0.25) is 0 Å². The van der Waals surface area contributed by atoms with E-state index in [-0.39, 0.29) is 11.5 Å². The Morgan fingerprint density at radius 3 is 2.63 bits per heavy atom. The first-order valence-electron chi connectivity index (χ1n) is 6.54. The molecule has 0 amide bonds. The zero-order chi connectivity index (χ0) is 14.3. The van der Waals surface area contributed by atoms with Crippen molar-refractivity contribution in [2.75, 3.05) is 0 Å². The van der Waals surface area contributed by atoms with Crippen molar-refractivity contribution in [3.8, 4) is 0 Å². The summed E-state index contributed by atoms with van der Waals surface area (Å²) in [5.74, 6) is 0. The Hall–Kier alpha value is -0.430. The van der Waals surface area contributed by atoms with Gasteiger partial charge < -0.3 is 5.32 Å². The van der Waals surface area contributed by atoms with Gasteiger partial charge in [0.15, 0.2) is 0 Å². The molecule has 0 radical (unpaired) electrons. The van der Waals surface area contributed by atoms with Crippen molar-refractivity contribution in [3.63, 3.8) is 0 Å². The van der Waals surface area contributed by atoms with Crippen LogP contribution in [0.4, 0.5) is 0 Å². The SMILES string of the molecule is CC(C)NCc1sccc1S(=O)(=O)NC1CC1(C)C. The molecule has 0 aromatic carbocycles. The summed E-state index contributed by atoms with van der Waals surface area (Å²) in [5, 5.41) is 5.10. The van der Waals surface area contributed by atoms with Gasteiger partial charge >= 0.3 is 0 Å². The molecule has 6 heteroatoms. The average molecular weight is 302 g/mol. The van der Waals surface area contributed by atoms with Crippen LogP contribution in [0.5, 0.6) is 0 Å². The molecule has 19 heavy (non-hydrogen) atoms. The zero-order valence-corrected chi connectivity index (χ0v) is 13.5. The van der Waals surface area contributed by atoms with E-state index in [1.165, 1.54) is 11.3 Å². The summed E-state index contributed by atoms with van der Waals surface area (Å²) in [4.78, 5) is 1.30. The molecule has 1 aliphatic rings. The third kappa shape index (κ3) is 3.56. The van der Waals surface area contributed by atoms with Crippen molar-refractivity contribution in [3.05, 3.63) is 16.3 Å². The second-order valence-electron chi connectivity index (χ2n) is 6.11. The number of thiophene rings is 1. The fourth-order valence-corrected chi connectivity index (χ4v) is 4.71. The Morgan fingerprint density at radius 2 is 2.11 bits per heavy atom. The van der Waals surface area contributed by atoms with Crippen LogP contribution in [-0.2, 0) is 16.6 Å². The summed E-state index contributed by atoms with van der Waals surface area (Å²) in [7, 11) is -3.38. The van der Waals surface area contributed by atoms with E-state index in [9.17, 15) is 8.42 Å². The summed E-state index contributed by atoms with van der Waals surface area (Å²) in [6.45, 7) is 8.85. The van der Waals surface area contributed by atoms with Crippen LogP contribution in [0.25, 0.3) is 0 Å². The third-order valence-electron chi connectivity index (χ3n) is 3.48. The van der Waals surface area contributed by atoms with Crippen molar-refractivity contribution in [2.24, 2.45) is 5.41 Å². The molecule has 0 spiro atoms. The predicted octanol–water partition coefficient (Wildman–Crippen LogP) is 2.32. The number of hydrogen-bond acceptors (Lipinski definition) is 4. The van der Waals surface area contributed by atoms with Gasteiger partial charge in [-0.05, 0) is 23.3 Å². The molecular weight excluding hydrogens is 280 g/mol. The van der Waals surface area contributed by atoms with Gasteiger partial charge in [0.1, 0.15) is 0 Å². The highest BCUT2D eigenvalue weighted by molar-refractivity contribution is 7.89. The molecule has 1 aromatic heterocycles. The van der Waals surface area contributed by atoms with Crippen LogP contribution in [-0.4, -0.2) is 20.5 Å². The highest BCUT2D eigenvalue weighted by atomic mass is 32.2. The first-order chi connectivity index (χ1) is 8.72. The van der Waals surface area contributed by atoms with Gasteiger partial charge in [0.25, 0.3) is 0 Å². The molecule has 0 bridgehead atoms. The van der Waals surface area contributed by atoms with E-state index < -0.39 is 10.0 Å². The summed E-state index contributed by atoms with van der Waals surface area (Å²) in [5.41, 5.74) is 0.0967. The molecule has 1 fully saturated rings. The molecule has 0 saturated heterocycles. The van der Waals surface area contributed by atoms with E-state index in [2.05, 4.69) is 23.9 Å². The molecule has 1 aromatic rings. The smallest absolute Gasteiger partial charge is 0.241 e. The van der Waals surface area contributed by atoms with E-state index in [4.69, 9.17) is 0 Å². The highest BCUT2D eigenvalue weighted by Gasteiger charge is 2.48. The van der Waals surface area contributed by atoms with Crippen molar-refractivity contribution in [1.82, 2.24) is 10.0 Å². The Bertz CT molecular complexity index is 547. The van der Waals surface area contributed by atoms with Crippen molar-refractivity contribution in [2.45, 2.75) is 57.6 Å². The van der Waals surface area contributed by atoms with Gasteiger partial charge in [0.2, 0.25) is 10.0 Å². The number of rotatable bonds is 6. The molecule has 1 atom stereocenters. The first kappa shape index (κ1) is 15.0. The van der Waals surface area contributed by atoms with E-state index in [1.54, 1.807) is 6.07 Å². The van der Waals surface area contributed by atoms with Crippen LogP contribution in [0.2, 0.25) is 0 Å². The van der Waals surface area contributed by atoms with Gasteiger partial charge in [-0.15, -0.1) is 11.3 Å². The maximum absolute atomic E-state index is 12.4. The molecule has 1 aliphatic carbocycles. The van der Waals surface area contributed by atoms with Crippen molar-refractivity contribution >= 4 is 21.4 Å². The minimum atomic E-state index is -3.38. The van der Waals surface area contributed by atoms with E-state index >= 15 is 0 Å². The van der Waals surface area contributed by atoms with Gasteiger partial charge in [-0.25, -0.2) is 13.1 Å². The minimum absolute atomic E-state index is 0.0725. The van der Waals surface area contributed by atoms with Crippen LogP contribution in [0.1, 0.15) is 39.0 Å².